The molecule has 22 heavy (non-hydrogen) atoms. The Balaban J connectivity index is 0.00000242. The number of carbonyl (C=O) groups excluding carboxylic acids is 1. The molecular formula is C18H29ClN2O. The van der Waals surface area contributed by atoms with Crippen LogP contribution in [0, 0.1) is 11.8 Å². The minimum absolute atomic E-state index is 0. The largest absolute Gasteiger partial charge is 0.341 e. The number of hydrogen-bond acceptors (Lipinski definition) is 2. The maximum atomic E-state index is 12.5. The smallest absolute Gasteiger partial charge is 0.239 e. The Morgan fingerprint density at radius 3 is 2.55 bits per heavy atom. The summed E-state index contributed by atoms with van der Waals surface area (Å²) < 4.78 is 0. The van der Waals surface area contributed by atoms with Crippen molar-refractivity contribution in [3.63, 3.8) is 0 Å². The summed E-state index contributed by atoms with van der Waals surface area (Å²) in [7, 11) is 0. The maximum absolute atomic E-state index is 12.5. The topological polar surface area (TPSA) is 46.3 Å². The van der Waals surface area contributed by atoms with Crippen molar-refractivity contribution in [1.82, 2.24) is 4.90 Å². The number of likely N-dealkylation sites (tertiary alicyclic amines) is 1. The van der Waals surface area contributed by atoms with E-state index in [1.807, 2.05) is 35.2 Å². The summed E-state index contributed by atoms with van der Waals surface area (Å²) in [5, 5.41) is 0. The first-order chi connectivity index (χ1) is 10.1. The number of benzene rings is 1. The van der Waals surface area contributed by atoms with Gasteiger partial charge in [-0.15, -0.1) is 12.4 Å². The molecule has 1 aromatic rings. The molecule has 2 rings (SSSR count). The molecule has 0 radical (unpaired) electrons. The lowest BCUT2D eigenvalue weighted by molar-refractivity contribution is -0.132. The highest BCUT2D eigenvalue weighted by Crippen LogP contribution is 2.24. The summed E-state index contributed by atoms with van der Waals surface area (Å²) in [6, 6.07) is 9.62. The zero-order valence-electron chi connectivity index (χ0n) is 13.7. The maximum Gasteiger partial charge on any atom is 0.239 e. The molecule has 124 valence electrons. The van der Waals surface area contributed by atoms with Crippen molar-refractivity contribution in [3.05, 3.63) is 35.9 Å². The van der Waals surface area contributed by atoms with Gasteiger partial charge in [-0.1, -0.05) is 44.2 Å². The molecule has 0 bridgehead atoms. The fourth-order valence-electron chi connectivity index (χ4n) is 3.20. The Morgan fingerprint density at radius 1 is 1.23 bits per heavy atom. The number of rotatable bonds is 4. The molecule has 1 aromatic carbocycles. The second-order valence-electron chi connectivity index (χ2n) is 6.56. The van der Waals surface area contributed by atoms with Crippen molar-refractivity contribution in [1.29, 1.82) is 0 Å². The van der Waals surface area contributed by atoms with Crippen LogP contribution < -0.4 is 5.73 Å². The van der Waals surface area contributed by atoms with Crippen LogP contribution in [0.2, 0.25) is 0 Å². The number of carbonyl (C=O) groups is 1. The average molecular weight is 325 g/mol. The van der Waals surface area contributed by atoms with Gasteiger partial charge >= 0.3 is 0 Å². The summed E-state index contributed by atoms with van der Waals surface area (Å²) in [6.07, 6.45) is 4.08. The normalized spacial score (nSPS) is 20.2. The summed E-state index contributed by atoms with van der Waals surface area (Å²) in [6.45, 7) is 6.29. The molecule has 2 N–H and O–H groups in total. The molecule has 1 amide bonds. The Kier molecular flexibility index (Phi) is 7.91. The fraction of sp³-hybridized carbons (Fsp3) is 0.611. The Bertz CT molecular complexity index is 450. The van der Waals surface area contributed by atoms with Crippen molar-refractivity contribution < 1.29 is 4.79 Å². The predicted octanol–water partition coefficient (Wildman–Crippen LogP) is 3.26. The first-order valence-electron chi connectivity index (χ1n) is 8.16. The zero-order valence-corrected chi connectivity index (χ0v) is 14.5. The summed E-state index contributed by atoms with van der Waals surface area (Å²) in [4.78, 5) is 14.5. The number of halogens is 1. The van der Waals surface area contributed by atoms with Gasteiger partial charge in [0, 0.05) is 13.1 Å². The van der Waals surface area contributed by atoms with Crippen molar-refractivity contribution in [2.24, 2.45) is 17.6 Å². The molecule has 0 saturated carbocycles. The van der Waals surface area contributed by atoms with Crippen LogP contribution in [0.3, 0.4) is 0 Å². The standard InChI is InChI=1S/C18H28N2O.ClH/c1-14(2)16-9-6-11-20(12-10-16)18(21)17(19)13-15-7-4-3-5-8-15;/h3-5,7-8,14,16-17H,6,9-13,19H2,1-2H3;1H/t16?,17-;/m0./s1. The highest BCUT2D eigenvalue weighted by atomic mass is 35.5. The summed E-state index contributed by atoms with van der Waals surface area (Å²) in [5.41, 5.74) is 7.27. The van der Waals surface area contributed by atoms with E-state index in [4.69, 9.17) is 5.73 Å². The van der Waals surface area contributed by atoms with Crippen molar-refractivity contribution in [3.8, 4) is 0 Å². The summed E-state index contributed by atoms with van der Waals surface area (Å²) >= 11 is 0. The van der Waals surface area contributed by atoms with Gasteiger partial charge in [-0.2, -0.15) is 0 Å². The third-order valence-corrected chi connectivity index (χ3v) is 4.64. The van der Waals surface area contributed by atoms with Gasteiger partial charge in [0.2, 0.25) is 5.91 Å². The number of nitrogens with zero attached hydrogens (tertiary/aromatic N) is 1. The molecule has 1 aliphatic heterocycles. The highest BCUT2D eigenvalue weighted by molar-refractivity contribution is 5.85. The zero-order chi connectivity index (χ0) is 15.2. The fourth-order valence-corrected chi connectivity index (χ4v) is 3.20. The average Bonchev–Trinajstić information content (AvgIpc) is 2.73. The van der Waals surface area contributed by atoms with E-state index < -0.39 is 6.04 Å². The molecule has 4 heteroatoms. The van der Waals surface area contributed by atoms with Gasteiger partial charge in [0.25, 0.3) is 0 Å². The number of nitrogens with two attached hydrogens (primary N) is 1. The SMILES string of the molecule is CC(C)C1CCCN(C(=O)[C@@H](N)Cc2ccccc2)CC1.Cl. The van der Waals surface area contributed by atoms with Gasteiger partial charge in [-0.3, -0.25) is 4.79 Å². The molecule has 1 unspecified atom stereocenters. The van der Waals surface area contributed by atoms with E-state index in [-0.39, 0.29) is 18.3 Å². The molecule has 1 fully saturated rings. The third-order valence-electron chi connectivity index (χ3n) is 4.64. The number of amides is 1. The van der Waals surface area contributed by atoms with Crippen molar-refractivity contribution >= 4 is 18.3 Å². The van der Waals surface area contributed by atoms with Gasteiger partial charge in [-0.25, -0.2) is 0 Å². The van der Waals surface area contributed by atoms with Crippen molar-refractivity contribution in [2.45, 2.75) is 45.6 Å². The van der Waals surface area contributed by atoms with Crippen molar-refractivity contribution in [2.75, 3.05) is 13.1 Å². The molecule has 3 nitrogen and oxygen atoms in total. The summed E-state index contributed by atoms with van der Waals surface area (Å²) in [5.74, 6) is 1.56. The van der Waals surface area contributed by atoms with Crippen LogP contribution in [0.4, 0.5) is 0 Å². The van der Waals surface area contributed by atoms with E-state index in [9.17, 15) is 4.79 Å². The van der Waals surface area contributed by atoms with Crippen LogP contribution in [-0.2, 0) is 11.2 Å². The molecule has 1 aliphatic rings. The number of hydrogen-bond donors (Lipinski definition) is 1. The van der Waals surface area contributed by atoms with Crippen LogP contribution in [0.25, 0.3) is 0 Å². The Labute approximate surface area is 140 Å². The quantitative estimate of drug-likeness (QED) is 0.924. The second-order valence-corrected chi connectivity index (χ2v) is 6.56. The van der Waals surface area contributed by atoms with Crippen LogP contribution in [0.15, 0.2) is 30.3 Å². The van der Waals surface area contributed by atoms with E-state index in [0.717, 1.165) is 37.4 Å². The molecule has 1 heterocycles. The highest BCUT2D eigenvalue weighted by Gasteiger charge is 2.25. The first kappa shape index (κ1) is 19.0. The molecular weight excluding hydrogens is 296 g/mol. The van der Waals surface area contributed by atoms with E-state index in [0.29, 0.717) is 12.3 Å². The third kappa shape index (κ3) is 5.29. The van der Waals surface area contributed by atoms with Crippen LogP contribution in [0.1, 0.15) is 38.7 Å². The Hall–Kier alpha value is -1.06. The minimum Gasteiger partial charge on any atom is -0.341 e. The van der Waals surface area contributed by atoms with Gasteiger partial charge in [0.1, 0.15) is 0 Å². The first-order valence-corrected chi connectivity index (χ1v) is 8.16. The van der Waals surface area contributed by atoms with Crippen LogP contribution in [0.5, 0.6) is 0 Å². The lowest BCUT2D eigenvalue weighted by atomic mass is 9.89. The van der Waals surface area contributed by atoms with E-state index >= 15 is 0 Å². The second kappa shape index (κ2) is 9.16. The van der Waals surface area contributed by atoms with Gasteiger partial charge in [0.05, 0.1) is 6.04 Å². The monoisotopic (exact) mass is 324 g/mol. The minimum atomic E-state index is -0.414. The van der Waals surface area contributed by atoms with Gasteiger partial charge in [-0.05, 0) is 43.1 Å². The lowest BCUT2D eigenvalue weighted by Gasteiger charge is -2.24. The molecule has 0 spiro atoms. The van der Waals surface area contributed by atoms with Gasteiger partial charge in [0.15, 0.2) is 0 Å². The Morgan fingerprint density at radius 2 is 1.91 bits per heavy atom. The molecule has 2 atom stereocenters. The van der Waals surface area contributed by atoms with Crippen LogP contribution in [-0.4, -0.2) is 29.9 Å². The predicted molar refractivity (Wildman–Crippen MR) is 94.1 cm³/mol. The van der Waals surface area contributed by atoms with Gasteiger partial charge < -0.3 is 10.6 Å². The molecule has 0 aromatic heterocycles. The van der Waals surface area contributed by atoms with E-state index in [2.05, 4.69) is 13.8 Å². The molecule has 1 saturated heterocycles. The van der Waals surface area contributed by atoms with E-state index in [1.54, 1.807) is 0 Å². The lowest BCUT2D eigenvalue weighted by Crippen LogP contribution is -2.45. The van der Waals surface area contributed by atoms with Crippen LogP contribution >= 0.6 is 12.4 Å². The van der Waals surface area contributed by atoms with E-state index in [1.165, 1.54) is 6.42 Å². The molecule has 0 aliphatic carbocycles.